The maximum atomic E-state index is 9.01. The highest BCUT2D eigenvalue weighted by molar-refractivity contribution is 7.99. The third-order valence-corrected chi connectivity index (χ3v) is 4.02. The minimum atomic E-state index is 0.310. The summed E-state index contributed by atoms with van der Waals surface area (Å²) in [6, 6.07) is 2.75. The standard InChI is InChI=1S/C12H22N2OS/c13-6-11-16-10-3-8-14-7-2-1-4-12(14)5-9-15/h12,15H,1-5,7-11H2. The summed E-state index contributed by atoms with van der Waals surface area (Å²) in [5.74, 6) is 1.69. The van der Waals surface area contributed by atoms with Crippen LogP contribution in [0.2, 0.25) is 0 Å². The molecule has 1 heterocycles. The largest absolute Gasteiger partial charge is 0.396 e. The molecule has 0 bridgehead atoms. The van der Waals surface area contributed by atoms with Crippen molar-refractivity contribution in [3.8, 4) is 6.07 Å². The molecule has 16 heavy (non-hydrogen) atoms. The van der Waals surface area contributed by atoms with Gasteiger partial charge in [-0.2, -0.15) is 5.26 Å². The van der Waals surface area contributed by atoms with Crippen LogP contribution in [-0.2, 0) is 0 Å². The molecular weight excluding hydrogens is 220 g/mol. The van der Waals surface area contributed by atoms with Crippen molar-refractivity contribution in [1.82, 2.24) is 4.90 Å². The van der Waals surface area contributed by atoms with Crippen LogP contribution in [0.3, 0.4) is 0 Å². The van der Waals surface area contributed by atoms with Crippen LogP contribution < -0.4 is 0 Å². The van der Waals surface area contributed by atoms with Gasteiger partial charge in [-0.25, -0.2) is 0 Å². The Hall–Kier alpha value is -0.240. The number of rotatable bonds is 7. The summed E-state index contributed by atoms with van der Waals surface area (Å²) in [6.45, 7) is 2.63. The smallest absolute Gasteiger partial charge is 0.0808 e. The van der Waals surface area contributed by atoms with Gasteiger partial charge < -0.3 is 10.0 Å². The van der Waals surface area contributed by atoms with E-state index in [-0.39, 0.29) is 0 Å². The number of likely N-dealkylation sites (tertiary alicyclic amines) is 1. The monoisotopic (exact) mass is 242 g/mol. The van der Waals surface area contributed by atoms with Gasteiger partial charge in [0.2, 0.25) is 0 Å². The molecule has 0 aromatic carbocycles. The molecule has 1 fully saturated rings. The molecule has 4 heteroatoms. The molecule has 0 saturated carbocycles. The molecule has 1 aliphatic heterocycles. The summed E-state index contributed by atoms with van der Waals surface area (Å²) in [6.07, 6.45) is 5.93. The predicted octanol–water partition coefficient (Wildman–Crippen LogP) is 1.87. The van der Waals surface area contributed by atoms with Gasteiger partial charge in [0.1, 0.15) is 0 Å². The van der Waals surface area contributed by atoms with E-state index in [2.05, 4.69) is 11.0 Å². The van der Waals surface area contributed by atoms with Gasteiger partial charge in [0, 0.05) is 12.6 Å². The van der Waals surface area contributed by atoms with Gasteiger partial charge in [0.15, 0.2) is 0 Å². The minimum absolute atomic E-state index is 0.310. The van der Waals surface area contributed by atoms with Crippen molar-refractivity contribution in [3.05, 3.63) is 0 Å². The van der Waals surface area contributed by atoms with E-state index in [1.165, 1.54) is 25.8 Å². The molecule has 3 nitrogen and oxygen atoms in total. The van der Waals surface area contributed by atoms with Gasteiger partial charge in [0.05, 0.1) is 11.8 Å². The highest BCUT2D eigenvalue weighted by Crippen LogP contribution is 2.19. The SMILES string of the molecule is N#CCSCCCN1CCCCC1CCO. The highest BCUT2D eigenvalue weighted by Gasteiger charge is 2.20. The van der Waals surface area contributed by atoms with E-state index in [9.17, 15) is 0 Å². The topological polar surface area (TPSA) is 47.3 Å². The number of nitriles is 1. The number of thioether (sulfide) groups is 1. The van der Waals surface area contributed by atoms with Crippen LogP contribution in [0.25, 0.3) is 0 Å². The van der Waals surface area contributed by atoms with E-state index >= 15 is 0 Å². The van der Waals surface area contributed by atoms with Gasteiger partial charge in [-0.3, -0.25) is 0 Å². The molecule has 92 valence electrons. The number of hydrogen-bond acceptors (Lipinski definition) is 4. The Labute approximate surface area is 103 Å². The second kappa shape index (κ2) is 8.86. The summed E-state index contributed by atoms with van der Waals surface area (Å²) in [4.78, 5) is 2.52. The Morgan fingerprint density at radius 2 is 2.31 bits per heavy atom. The van der Waals surface area contributed by atoms with Crippen LogP contribution in [0.5, 0.6) is 0 Å². The van der Waals surface area contributed by atoms with Crippen LogP contribution in [0, 0.1) is 11.3 Å². The lowest BCUT2D eigenvalue weighted by Crippen LogP contribution is -2.40. The minimum Gasteiger partial charge on any atom is -0.396 e. The Balaban J connectivity index is 2.14. The average molecular weight is 242 g/mol. The lowest BCUT2D eigenvalue weighted by Gasteiger charge is -2.35. The van der Waals surface area contributed by atoms with E-state index in [0.717, 1.165) is 25.1 Å². The average Bonchev–Trinajstić information content (AvgIpc) is 2.31. The normalized spacial score (nSPS) is 21.9. The molecule has 1 N–H and O–H groups in total. The van der Waals surface area contributed by atoms with E-state index in [1.807, 2.05) is 0 Å². The van der Waals surface area contributed by atoms with Crippen molar-refractivity contribution in [2.45, 2.75) is 38.1 Å². The zero-order valence-electron chi connectivity index (χ0n) is 9.90. The number of aliphatic hydroxyl groups is 1. The predicted molar refractivity (Wildman–Crippen MR) is 68.5 cm³/mol. The number of nitrogens with zero attached hydrogens (tertiary/aromatic N) is 2. The first-order chi connectivity index (χ1) is 7.88. The van der Waals surface area contributed by atoms with Gasteiger partial charge >= 0.3 is 0 Å². The first-order valence-electron chi connectivity index (χ1n) is 6.18. The van der Waals surface area contributed by atoms with Crippen LogP contribution in [0.4, 0.5) is 0 Å². The molecule has 0 aromatic heterocycles. The highest BCUT2D eigenvalue weighted by atomic mass is 32.2. The Morgan fingerprint density at radius 1 is 1.44 bits per heavy atom. The first kappa shape index (κ1) is 13.8. The van der Waals surface area contributed by atoms with E-state index in [0.29, 0.717) is 18.4 Å². The molecule has 0 aliphatic carbocycles. The molecule has 1 aliphatic rings. The maximum absolute atomic E-state index is 9.01. The lowest BCUT2D eigenvalue weighted by molar-refractivity contribution is 0.120. The number of hydrogen-bond donors (Lipinski definition) is 1. The first-order valence-corrected chi connectivity index (χ1v) is 7.33. The van der Waals surface area contributed by atoms with Crippen LogP contribution >= 0.6 is 11.8 Å². The Morgan fingerprint density at radius 3 is 3.06 bits per heavy atom. The van der Waals surface area contributed by atoms with Crippen LogP contribution in [0.15, 0.2) is 0 Å². The fraction of sp³-hybridized carbons (Fsp3) is 0.917. The lowest BCUT2D eigenvalue weighted by atomic mass is 9.99. The molecule has 0 aromatic rings. The Kier molecular flexibility index (Phi) is 7.65. The fourth-order valence-electron chi connectivity index (χ4n) is 2.32. The zero-order chi connectivity index (χ0) is 11.6. The van der Waals surface area contributed by atoms with Crippen LogP contribution in [-0.4, -0.2) is 47.3 Å². The van der Waals surface area contributed by atoms with Gasteiger partial charge in [-0.05, 0) is 44.5 Å². The third-order valence-electron chi connectivity index (χ3n) is 3.11. The van der Waals surface area contributed by atoms with Gasteiger partial charge in [0.25, 0.3) is 0 Å². The molecular formula is C12H22N2OS. The second-order valence-electron chi connectivity index (χ2n) is 4.26. The van der Waals surface area contributed by atoms with E-state index < -0.39 is 0 Å². The summed E-state index contributed by atoms with van der Waals surface area (Å²) in [7, 11) is 0. The quantitative estimate of drug-likeness (QED) is 0.692. The summed E-state index contributed by atoms with van der Waals surface area (Å²) in [5.41, 5.74) is 0. The molecule has 1 atom stereocenters. The molecule has 0 spiro atoms. The number of piperidine rings is 1. The van der Waals surface area contributed by atoms with Crippen molar-refractivity contribution in [3.63, 3.8) is 0 Å². The third kappa shape index (κ3) is 5.20. The van der Waals surface area contributed by atoms with E-state index in [4.69, 9.17) is 10.4 Å². The van der Waals surface area contributed by atoms with Gasteiger partial charge in [-0.1, -0.05) is 6.42 Å². The summed E-state index contributed by atoms with van der Waals surface area (Å²) >= 11 is 1.72. The molecule has 1 saturated heterocycles. The van der Waals surface area contributed by atoms with Gasteiger partial charge in [-0.15, -0.1) is 11.8 Å². The van der Waals surface area contributed by atoms with Crippen molar-refractivity contribution >= 4 is 11.8 Å². The summed E-state index contributed by atoms with van der Waals surface area (Å²) in [5, 5.41) is 17.4. The maximum Gasteiger partial charge on any atom is 0.0808 e. The fourth-order valence-corrected chi connectivity index (χ4v) is 2.89. The number of aliphatic hydroxyl groups excluding tert-OH is 1. The van der Waals surface area contributed by atoms with Crippen molar-refractivity contribution in [2.24, 2.45) is 0 Å². The second-order valence-corrected chi connectivity index (χ2v) is 5.37. The van der Waals surface area contributed by atoms with Crippen LogP contribution in [0.1, 0.15) is 32.1 Å². The molecule has 1 rings (SSSR count). The molecule has 0 amide bonds. The van der Waals surface area contributed by atoms with E-state index in [1.54, 1.807) is 11.8 Å². The molecule has 1 unspecified atom stereocenters. The van der Waals surface area contributed by atoms with Crippen molar-refractivity contribution in [1.29, 1.82) is 5.26 Å². The Bertz CT molecular complexity index is 216. The van der Waals surface area contributed by atoms with Crippen molar-refractivity contribution < 1.29 is 5.11 Å². The van der Waals surface area contributed by atoms with Crippen molar-refractivity contribution in [2.75, 3.05) is 31.2 Å². The summed E-state index contributed by atoms with van der Waals surface area (Å²) < 4.78 is 0. The zero-order valence-corrected chi connectivity index (χ0v) is 10.7. The molecule has 0 radical (unpaired) electrons.